The van der Waals surface area contributed by atoms with Gasteiger partial charge in [0.2, 0.25) is 0 Å². The molecule has 0 aromatic carbocycles. The minimum atomic E-state index is -0.326. The lowest BCUT2D eigenvalue weighted by Crippen LogP contribution is -2.57. The van der Waals surface area contributed by atoms with Crippen LogP contribution in [0.25, 0.3) is 0 Å². The summed E-state index contributed by atoms with van der Waals surface area (Å²) in [4.78, 5) is 18.0. The van der Waals surface area contributed by atoms with Crippen LogP contribution >= 0.6 is 0 Å². The predicted octanol–water partition coefficient (Wildman–Crippen LogP) is 1.06. The van der Waals surface area contributed by atoms with Gasteiger partial charge in [-0.3, -0.25) is 0 Å². The summed E-state index contributed by atoms with van der Waals surface area (Å²) < 4.78 is 4.72. The van der Waals surface area contributed by atoms with Crippen LogP contribution in [0.15, 0.2) is 18.3 Å². The zero-order valence-electron chi connectivity index (χ0n) is 11.1. The van der Waals surface area contributed by atoms with Crippen molar-refractivity contribution in [1.82, 2.24) is 10.3 Å². The van der Waals surface area contributed by atoms with E-state index in [-0.39, 0.29) is 11.5 Å². The standard InChI is InChI=1S/C13H19N3O2/c1-13(2)9-16(7-6-15-13)11-8-10(4-5-14-11)12(17)18-3/h4-5,8,15H,6-7,9H2,1-3H3. The van der Waals surface area contributed by atoms with Gasteiger partial charge in [0.15, 0.2) is 0 Å². The number of ether oxygens (including phenoxy) is 1. The fraction of sp³-hybridized carbons (Fsp3) is 0.538. The van der Waals surface area contributed by atoms with Crippen molar-refractivity contribution in [2.45, 2.75) is 19.4 Å². The SMILES string of the molecule is COC(=O)c1ccnc(N2CCNC(C)(C)C2)c1. The Morgan fingerprint density at radius 3 is 3.00 bits per heavy atom. The third-order valence-electron chi connectivity index (χ3n) is 3.06. The molecule has 0 radical (unpaired) electrons. The summed E-state index contributed by atoms with van der Waals surface area (Å²) in [7, 11) is 1.39. The minimum absolute atomic E-state index is 0.0567. The molecule has 18 heavy (non-hydrogen) atoms. The summed E-state index contributed by atoms with van der Waals surface area (Å²) >= 11 is 0. The lowest BCUT2D eigenvalue weighted by molar-refractivity contribution is 0.0600. The molecular formula is C13H19N3O2. The summed E-state index contributed by atoms with van der Waals surface area (Å²) in [5, 5.41) is 3.45. The topological polar surface area (TPSA) is 54.5 Å². The molecule has 0 saturated carbocycles. The number of nitrogens with one attached hydrogen (secondary N) is 1. The number of aromatic nitrogens is 1. The van der Waals surface area contributed by atoms with E-state index in [0.29, 0.717) is 5.56 Å². The van der Waals surface area contributed by atoms with Crippen LogP contribution in [0.4, 0.5) is 5.82 Å². The highest BCUT2D eigenvalue weighted by Crippen LogP contribution is 2.18. The third kappa shape index (κ3) is 2.79. The zero-order chi connectivity index (χ0) is 13.2. The number of piperazine rings is 1. The Labute approximate surface area is 107 Å². The number of esters is 1. The van der Waals surface area contributed by atoms with Crippen LogP contribution < -0.4 is 10.2 Å². The van der Waals surface area contributed by atoms with Gasteiger partial charge in [-0.15, -0.1) is 0 Å². The van der Waals surface area contributed by atoms with Crippen molar-refractivity contribution in [3.8, 4) is 0 Å². The van der Waals surface area contributed by atoms with E-state index in [1.807, 2.05) is 0 Å². The second-order valence-corrected chi connectivity index (χ2v) is 5.13. The fourth-order valence-electron chi connectivity index (χ4n) is 2.17. The lowest BCUT2D eigenvalue weighted by atomic mass is 10.0. The van der Waals surface area contributed by atoms with Crippen molar-refractivity contribution < 1.29 is 9.53 Å². The van der Waals surface area contributed by atoms with Gasteiger partial charge < -0.3 is 15.0 Å². The molecule has 0 amide bonds. The Kier molecular flexibility index (Phi) is 3.52. The molecule has 1 aliphatic heterocycles. The van der Waals surface area contributed by atoms with E-state index < -0.39 is 0 Å². The van der Waals surface area contributed by atoms with Crippen LogP contribution in [0.3, 0.4) is 0 Å². The molecule has 1 aromatic heterocycles. The molecular weight excluding hydrogens is 230 g/mol. The normalized spacial score (nSPS) is 18.5. The van der Waals surface area contributed by atoms with Crippen molar-refractivity contribution in [1.29, 1.82) is 0 Å². The predicted molar refractivity (Wildman–Crippen MR) is 69.9 cm³/mol. The highest BCUT2D eigenvalue weighted by Gasteiger charge is 2.26. The monoisotopic (exact) mass is 249 g/mol. The fourth-order valence-corrected chi connectivity index (χ4v) is 2.17. The van der Waals surface area contributed by atoms with E-state index in [1.54, 1.807) is 18.3 Å². The maximum Gasteiger partial charge on any atom is 0.338 e. The number of methoxy groups -OCH3 is 1. The largest absolute Gasteiger partial charge is 0.465 e. The van der Waals surface area contributed by atoms with Crippen molar-refractivity contribution in [2.24, 2.45) is 0 Å². The number of hydrogen-bond donors (Lipinski definition) is 1. The van der Waals surface area contributed by atoms with Crippen LogP contribution in [0.1, 0.15) is 24.2 Å². The first-order valence-corrected chi connectivity index (χ1v) is 6.06. The summed E-state index contributed by atoms with van der Waals surface area (Å²) in [5.74, 6) is 0.500. The lowest BCUT2D eigenvalue weighted by Gasteiger charge is -2.39. The molecule has 1 saturated heterocycles. The van der Waals surface area contributed by atoms with E-state index in [1.165, 1.54) is 7.11 Å². The Morgan fingerprint density at radius 2 is 2.33 bits per heavy atom. The van der Waals surface area contributed by atoms with Gasteiger partial charge in [0.25, 0.3) is 0 Å². The molecule has 1 aromatic rings. The maximum atomic E-state index is 11.5. The molecule has 0 aliphatic carbocycles. The van der Waals surface area contributed by atoms with Gasteiger partial charge in [-0.25, -0.2) is 9.78 Å². The Balaban J connectivity index is 2.20. The van der Waals surface area contributed by atoms with Gasteiger partial charge in [-0.05, 0) is 26.0 Å². The molecule has 5 nitrogen and oxygen atoms in total. The number of anilines is 1. The molecule has 1 N–H and O–H groups in total. The Bertz CT molecular complexity index is 446. The van der Waals surface area contributed by atoms with Gasteiger partial charge in [0.05, 0.1) is 12.7 Å². The van der Waals surface area contributed by atoms with E-state index in [9.17, 15) is 4.79 Å². The highest BCUT2D eigenvalue weighted by atomic mass is 16.5. The molecule has 2 heterocycles. The van der Waals surface area contributed by atoms with Crippen molar-refractivity contribution in [2.75, 3.05) is 31.6 Å². The van der Waals surface area contributed by atoms with Crippen molar-refractivity contribution >= 4 is 11.8 Å². The molecule has 98 valence electrons. The number of pyridine rings is 1. The summed E-state index contributed by atoms with van der Waals surface area (Å²) in [6.45, 7) is 6.98. The minimum Gasteiger partial charge on any atom is -0.465 e. The first kappa shape index (κ1) is 12.8. The van der Waals surface area contributed by atoms with E-state index >= 15 is 0 Å². The summed E-state index contributed by atoms with van der Waals surface area (Å²) in [6, 6.07) is 3.45. The quantitative estimate of drug-likeness (QED) is 0.794. The second-order valence-electron chi connectivity index (χ2n) is 5.13. The molecule has 0 atom stereocenters. The van der Waals surface area contributed by atoms with Crippen LogP contribution in [-0.2, 0) is 4.74 Å². The second kappa shape index (κ2) is 4.94. The summed E-state index contributed by atoms with van der Waals surface area (Å²) in [6.07, 6.45) is 1.65. The molecule has 1 aliphatic rings. The van der Waals surface area contributed by atoms with E-state index in [4.69, 9.17) is 4.74 Å². The molecule has 1 fully saturated rings. The van der Waals surface area contributed by atoms with E-state index in [0.717, 1.165) is 25.5 Å². The Morgan fingerprint density at radius 1 is 1.56 bits per heavy atom. The number of rotatable bonds is 2. The van der Waals surface area contributed by atoms with Crippen LogP contribution in [-0.4, -0.2) is 43.2 Å². The van der Waals surface area contributed by atoms with Gasteiger partial charge in [-0.2, -0.15) is 0 Å². The Hall–Kier alpha value is -1.62. The van der Waals surface area contributed by atoms with E-state index in [2.05, 4.69) is 29.0 Å². The molecule has 5 heteroatoms. The van der Waals surface area contributed by atoms with Gasteiger partial charge in [0, 0.05) is 31.4 Å². The first-order valence-electron chi connectivity index (χ1n) is 6.06. The number of nitrogens with zero attached hydrogens (tertiary/aromatic N) is 2. The number of carbonyl (C=O) groups excluding carboxylic acids is 1. The van der Waals surface area contributed by atoms with Crippen LogP contribution in [0, 0.1) is 0 Å². The van der Waals surface area contributed by atoms with Crippen LogP contribution in [0.5, 0.6) is 0 Å². The molecule has 0 spiro atoms. The maximum absolute atomic E-state index is 11.5. The van der Waals surface area contributed by atoms with Crippen molar-refractivity contribution in [3.05, 3.63) is 23.9 Å². The molecule has 2 rings (SSSR count). The molecule has 0 bridgehead atoms. The highest BCUT2D eigenvalue weighted by molar-refractivity contribution is 5.90. The number of hydrogen-bond acceptors (Lipinski definition) is 5. The van der Waals surface area contributed by atoms with Gasteiger partial charge in [-0.1, -0.05) is 0 Å². The average Bonchev–Trinajstić information content (AvgIpc) is 2.37. The summed E-state index contributed by atoms with van der Waals surface area (Å²) in [5.41, 5.74) is 0.597. The first-order chi connectivity index (χ1) is 8.52. The van der Waals surface area contributed by atoms with Gasteiger partial charge >= 0.3 is 5.97 Å². The van der Waals surface area contributed by atoms with Crippen LogP contribution in [0.2, 0.25) is 0 Å². The number of carbonyl (C=O) groups is 1. The third-order valence-corrected chi connectivity index (χ3v) is 3.06. The zero-order valence-corrected chi connectivity index (χ0v) is 11.1. The van der Waals surface area contributed by atoms with Gasteiger partial charge in [0.1, 0.15) is 5.82 Å². The average molecular weight is 249 g/mol. The smallest absolute Gasteiger partial charge is 0.338 e. The van der Waals surface area contributed by atoms with Crippen molar-refractivity contribution in [3.63, 3.8) is 0 Å². The molecule has 0 unspecified atom stereocenters.